The summed E-state index contributed by atoms with van der Waals surface area (Å²) in [7, 11) is 3.62. The first-order chi connectivity index (χ1) is 6.88. The van der Waals surface area contributed by atoms with Crippen LogP contribution in [-0.4, -0.2) is 60.5 Å². The molecule has 0 bridgehead atoms. The summed E-state index contributed by atoms with van der Waals surface area (Å²) in [6.45, 7) is 4.60. The molecule has 0 saturated carbocycles. The molecule has 0 aromatic carbocycles. The molecule has 0 aromatic rings. The van der Waals surface area contributed by atoms with E-state index in [1.54, 1.807) is 16.7 Å². The van der Waals surface area contributed by atoms with Crippen molar-refractivity contribution in [2.75, 3.05) is 33.7 Å². The van der Waals surface area contributed by atoms with E-state index in [-0.39, 0.29) is 12.5 Å². The minimum Gasteiger partial charge on any atom is -0.481 e. The number of aliphatic carboxylic acids is 1. The van der Waals surface area contributed by atoms with Crippen LogP contribution in [0.5, 0.6) is 0 Å². The maximum Gasteiger partial charge on any atom is 0.308 e. The summed E-state index contributed by atoms with van der Waals surface area (Å²) >= 11 is 0. The second-order valence-electron chi connectivity index (χ2n) is 3.91. The summed E-state index contributed by atoms with van der Waals surface area (Å²) in [6.07, 6.45) is 0. The Balaban J connectivity index is 4.24. The largest absolute Gasteiger partial charge is 0.481 e. The van der Waals surface area contributed by atoms with Gasteiger partial charge in [-0.05, 0) is 21.0 Å². The van der Waals surface area contributed by atoms with Gasteiger partial charge < -0.3 is 14.9 Å². The third kappa shape index (κ3) is 5.37. The van der Waals surface area contributed by atoms with Crippen LogP contribution < -0.4 is 0 Å². The van der Waals surface area contributed by atoms with Crippen LogP contribution in [-0.2, 0) is 9.59 Å². The molecule has 0 aliphatic carbocycles. The lowest BCUT2D eigenvalue weighted by Gasteiger charge is -2.24. The molecule has 15 heavy (non-hydrogen) atoms. The van der Waals surface area contributed by atoms with Gasteiger partial charge in [0.2, 0.25) is 5.91 Å². The van der Waals surface area contributed by atoms with E-state index in [2.05, 4.69) is 0 Å². The van der Waals surface area contributed by atoms with E-state index in [4.69, 9.17) is 5.11 Å². The summed E-state index contributed by atoms with van der Waals surface area (Å²) < 4.78 is 0. The number of carboxylic acids is 1. The number of carbonyl (C=O) groups is 2. The second kappa shape index (κ2) is 6.40. The number of hydrogen-bond donors (Lipinski definition) is 1. The third-order valence-corrected chi connectivity index (χ3v) is 2.10. The molecule has 0 aliphatic heterocycles. The van der Waals surface area contributed by atoms with Crippen LogP contribution in [0.25, 0.3) is 0 Å². The highest BCUT2D eigenvalue weighted by molar-refractivity contribution is 5.79. The van der Waals surface area contributed by atoms with Crippen LogP contribution in [0.3, 0.4) is 0 Å². The molecule has 0 heterocycles. The fourth-order valence-corrected chi connectivity index (χ4v) is 1.19. The topological polar surface area (TPSA) is 60.9 Å². The Morgan fingerprint density at radius 3 is 2.20 bits per heavy atom. The average Bonchev–Trinajstić information content (AvgIpc) is 2.11. The van der Waals surface area contributed by atoms with Gasteiger partial charge in [0.05, 0.1) is 12.5 Å². The molecule has 88 valence electrons. The fourth-order valence-electron chi connectivity index (χ4n) is 1.19. The minimum atomic E-state index is -0.869. The van der Waals surface area contributed by atoms with Crippen LogP contribution in [0.1, 0.15) is 13.8 Å². The molecule has 0 saturated heterocycles. The molecule has 5 heteroatoms. The van der Waals surface area contributed by atoms with Gasteiger partial charge in [0.1, 0.15) is 0 Å². The monoisotopic (exact) mass is 216 g/mol. The van der Waals surface area contributed by atoms with Crippen LogP contribution >= 0.6 is 0 Å². The summed E-state index contributed by atoms with van der Waals surface area (Å²) in [6, 6.07) is 0. The lowest BCUT2D eigenvalue weighted by molar-refractivity contribution is -0.143. The maximum absolute atomic E-state index is 11.6. The Hall–Kier alpha value is -1.10. The number of likely N-dealkylation sites (N-methyl/N-ethyl adjacent to an activating group) is 2. The predicted molar refractivity (Wildman–Crippen MR) is 57.6 cm³/mol. The normalized spacial score (nSPS) is 12.6. The van der Waals surface area contributed by atoms with E-state index in [9.17, 15) is 9.59 Å². The van der Waals surface area contributed by atoms with Gasteiger partial charge in [0.25, 0.3) is 0 Å². The second-order valence-corrected chi connectivity index (χ2v) is 3.91. The highest BCUT2D eigenvalue weighted by Gasteiger charge is 2.19. The van der Waals surface area contributed by atoms with Crippen molar-refractivity contribution in [1.82, 2.24) is 9.80 Å². The molecule has 1 N–H and O–H groups in total. The van der Waals surface area contributed by atoms with Crippen molar-refractivity contribution in [3.8, 4) is 0 Å². The van der Waals surface area contributed by atoms with Gasteiger partial charge in [-0.25, -0.2) is 0 Å². The molecule has 1 atom stereocenters. The van der Waals surface area contributed by atoms with Gasteiger partial charge in [-0.3, -0.25) is 9.59 Å². The molecule has 1 amide bonds. The molecule has 0 radical (unpaired) electrons. The first-order valence-corrected chi connectivity index (χ1v) is 5.03. The SMILES string of the molecule is CCN(CC(C)C(=O)O)C(=O)CN(C)C. The van der Waals surface area contributed by atoms with E-state index in [1.165, 1.54) is 0 Å². The number of nitrogens with zero attached hydrogens (tertiary/aromatic N) is 2. The zero-order valence-corrected chi connectivity index (χ0v) is 9.86. The van der Waals surface area contributed by atoms with Crippen molar-refractivity contribution in [2.24, 2.45) is 5.92 Å². The predicted octanol–water partition coefficient (Wildman–Crippen LogP) is 0.117. The lowest BCUT2D eigenvalue weighted by Crippen LogP contribution is -2.41. The molecule has 0 aliphatic rings. The van der Waals surface area contributed by atoms with Crippen LogP contribution in [0.15, 0.2) is 0 Å². The van der Waals surface area contributed by atoms with Crippen molar-refractivity contribution in [3.63, 3.8) is 0 Å². The molecular formula is C10H20N2O3. The Labute approximate surface area is 90.7 Å². The van der Waals surface area contributed by atoms with Crippen molar-refractivity contribution in [3.05, 3.63) is 0 Å². The van der Waals surface area contributed by atoms with E-state index >= 15 is 0 Å². The number of amides is 1. The molecule has 0 rings (SSSR count). The Kier molecular flexibility index (Phi) is 5.93. The number of rotatable bonds is 6. The van der Waals surface area contributed by atoms with Gasteiger partial charge in [-0.2, -0.15) is 0 Å². The summed E-state index contributed by atoms with van der Waals surface area (Å²) in [5, 5.41) is 8.74. The van der Waals surface area contributed by atoms with E-state index < -0.39 is 11.9 Å². The lowest BCUT2D eigenvalue weighted by atomic mass is 10.1. The summed E-state index contributed by atoms with van der Waals surface area (Å²) in [4.78, 5) is 25.6. The Morgan fingerprint density at radius 1 is 1.33 bits per heavy atom. The van der Waals surface area contributed by atoms with Gasteiger partial charge in [-0.1, -0.05) is 6.92 Å². The van der Waals surface area contributed by atoms with Crippen molar-refractivity contribution >= 4 is 11.9 Å². The standard InChI is InChI=1S/C10H20N2O3/c1-5-12(6-8(2)10(14)15)9(13)7-11(3)4/h8H,5-7H2,1-4H3,(H,14,15). The zero-order valence-electron chi connectivity index (χ0n) is 9.86. The quantitative estimate of drug-likeness (QED) is 0.685. The molecule has 0 fully saturated rings. The molecule has 5 nitrogen and oxygen atoms in total. The molecule has 0 aromatic heterocycles. The van der Waals surface area contributed by atoms with E-state index in [1.807, 2.05) is 21.0 Å². The summed E-state index contributed by atoms with van der Waals surface area (Å²) in [5.41, 5.74) is 0. The smallest absolute Gasteiger partial charge is 0.308 e. The highest BCUT2D eigenvalue weighted by Crippen LogP contribution is 2.01. The van der Waals surface area contributed by atoms with E-state index in [0.717, 1.165) is 0 Å². The van der Waals surface area contributed by atoms with Gasteiger partial charge in [-0.15, -0.1) is 0 Å². The summed E-state index contributed by atoms with van der Waals surface area (Å²) in [5.74, 6) is -1.42. The van der Waals surface area contributed by atoms with Crippen molar-refractivity contribution < 1.29 is 14.7 Å². The Morgan fingerprint density at radius 2 is 1.87 bits per heavy atom. The Bertz CT molecular complexity index is 229. The van der Waals surface area contributed by atoms with Gasteiger partial charge in [0.15, 0.2) is 0 Å². The number of hydrogen-bond acceptors (Lipinski definition) is 3. The third-order valence-electron chi connectivity index (χ3n) is 2.10. The van der Waals surface area contributed by atoms with Crippen LogP contribution in [0, 0.1) is 5.92 Å². The fraction of sp³-hybridized carbons (Fsp3) is 0.800. The maximum atomic E-state index is 11.6. The first kappa shape index (κ1) is 13.9. The molecule has 1 unspecified atom stereocenters. The molecular weight excluding hydrogens is 196 g/mol. The van der Waals surface area contributed by atoms with Gasteiger partial charge in [0, 0.05) is 13.1 Å². The van der Waals surface area contributed by atoms with Crippen molar-refractivity contribution in [1.29, 1.82) is 0 Å². The highest BCUT2D eigenvalue weighted by atomic mass is 16.4. The van der Waals surface area contributed by atoms with Crippen molar-refractivity contribution in [2.45, 2.75) is 13.8 Å². The first-order valence-electron chi connectivity index (χ1n) is 5.03. The number of carbonyl (C=O) groups excluding carboxylic acids is 1. The van der Waals surface area contributed by atoms with Gasteiger partial charge >= 0.3 is 5.97 Å². The average molecular weight is 216 g/mol. The zero-order chi connectivity index (χ0) is 12.0. The minimum absolute atomic E-state index is 0.0319. The number of carboxylic acid groups (broad SMARTS) is 1. The van der Waals surface area contributed by atoms with Crippen LogP contribution in [0.4, 0.5) is 0 Å². The van der Waals surface area contributed by atoms with Crippen LogP contribution in [0.2, 0.25) is 0 Å². The van der Waals surface area contributed by atoms with E-state index in [0.29, 0.717) is 13.1 Å². The molecule has 0 spiro atoms.